The zero-order chi connectivity index (χ0) is 15.9. The van der Waals surface area contributed by atoms with Gasteiger partial charge in [0.2, 0.25) is 0 Å². The average Bonchev–Trinajstić information content (AvgIpc) is 2.42. The van der Waals surface area contributed by atoms with Gasteiger partial charge in [-0.25, -0.2) is 5.01 Å². The third kappa shape index (κ3) is 2.58. The number of phenolic OH excluding ortho intramolecular Hbond substituents is 1. The Kier molecular flexibility index (Phi) is 3.89. The highest BCUT2D eigenvalue weighted by molar-refractivity contribution is 5.85. The summed E-state index contributed by atoms with van der Waals surface area (Å²) in [5.74, 6) is 0.919. The molecular weight excluding hydrogens is 268 g/mol. The second-order valence-corrected chi connectivity index (χ2v) is 6.20. The first kappa shape index (κ1) is 15.6. The van der Waals surface area contributed by atoms with Crippen LogP contribution in [-0.2, 0) is 11.2 Å². The van der Waals surface area contributed by atoms with Crippen LogP contribution in [0.2, 0.25) is 0 Å². The van der Waals surface area contributed by atoms with Crippen LogP contribution in [0.4, 0.5) is 0 Å². The van der Waals surface area contributed by atoms with Gasteiger partial charge in [-0.05, 0) is 50.8 Å². The molecule has 21 heavy (non-hydrogen) atoms. The Labute approximate surface area is 125 Å². The van der Waals surface area contributed by atoms with Crippen molar-refractivity contribution in [1.82, 2.24) is 10.4 Å². The predicted octanol–water partition coefficient (Wildman–Crippen LogP) is 1.99. The first-order valence-corrected chi connectivity index (χ1v) is 7.16. The highest BCUT2D eigenvalue weighted by Gasteiger charge is 2.41. The molecule has 116 valence electrons. The summed E-state index contributed by atoms with van der Waals surface area (Å²) in [7, 11) is 3.55. The molecule has 0 aromatic heterocycles. The van der Waals surface area contributed by atoms with E-state index in [0.29, 0.717) is 18.6 Å². The fourth-order valence-electron chi connectivity index (χ4n) is 2.73. The smallest absolute Gasteiger partial charge is 0.278 e. The summed E-state index contributed by atoms with van der Waals surface area (Å²) in [6, 6.07) is 0. The third-order valence-corrected chi connectivity index (χ3v) is 4.33. The van der Waals surface area contributed by atoms with E-state index in [1.165, 1.54) is 0 Å². The maximum Gasteiger partial charge on any atom is 0.278 e. The molecule has 0 aliphatic carbocycles. The Morgan fingerprint density at radius 2 is 1.86 bits per heavy atom. The van der Waals surface area contributed by atoms with Gasteiger partial charge in [-0.1, -0.05) is 0 Å². The lowest BCUT2D eigenvalue weighted by molar-refractivity contribution is -0.141. The van der Waals surface area contributed by atoms with Crippen molar-refractivity contribution in [3.63, 3.8) is 0 Å². The van der Waals surface area contributed by atoms with Crippen LogP contribution in [0.25, 0.3) is 0 Å². The summed E-state index contributed by atoms with van der Waals surface area (Å²) in [4.78, 5) is 12.4. The lowest BCUT2D eigenvalue weighted by Gasteiger charge is -2.37. The topological polar surface area (TPSA) is 61.8 Å². The standard InChI is InChI=1S/C16H24N2O3/c1-9-10(2)14-12(11(3)13(9)19)7-8-16(4,21-14)15(20)17-18(5)6/h19H,7-8H2,1-6H3,(H,17,20)/t16-/m1/s1. The molecule has 1 heterocycles. The number of hydrogen-bond donors (Lipinski definition) is 2. The van der Waals surface area contributed by atoms with Gasteiger partial charge in [-0.3, -0.25) is 10.2 Å². The third-order valence-electron chi connectivity index (χ3n) is 4.33. The van der Waals surface area contributed by atoms with Crippen molar-refractivity contribution >= 4 is 5.91 Å². The Morgan fingerprint density at radius 3 is 2.43 bits per heavy atom. The van der Waals surface area contributed by atoms with Gasteiger partial charge in [0, 0.05) is 26.1 Å². The summed E-state index contributed by atoms with van der Waals surface area (Å²) < 4.78 is 6.08. The van der Waals surface area contributed by atoms with Gasteiger partial charge in [0.1, 0.15) is 11.5 Å². The lowest BCUT2D eigenvalue weighted by Crippen LogP contribution is -2.54. The summed E-state index contributed by atoms with van der Waals surface area (Å²) >= 11 is 0. The number of aromatic hydroxyl groups is 1. The van der Waals surface area contributed by atoms with Crippen LogP contribution >= 0.6 is 0 Å². The van der Waals surface area contributed by atoms with E-state index >= 15 is 0 Å². The van der Waals surface area contributed by atoms with Crippen LogP contribution in [0.5, 0.6) is 11.5 Å². The summed E-state index contributed by atoms with van der Waals surface area (Å²) in [5.41, 5.74) is 5.44. The quantitative estimate of drug-likeness (QED) is 0.818. The molecule has 1 aromatic rings. The second-order valence-electron chi connectivity index (χ2n) is 6.20. The molecule has 5 heteroatoms. The SMILES string of the molecule is Cc1c(C)c2c(c(C)c1O)CC[C@](C)(C(=O)NN(C)C)O2. The van der Waals surface area contributed by atoms with Crippen molar-refractivity contribution in [2.24, 2.45) is 0 Å². The van der Waals surface area contributed by atoms with E-state index in [9.17, 15) is 9.90 Å². The molecule has 0 radical (unpaired) electrons. The number of ether oxygens (including phenoxy) is 1. The van der Waals surface area contributed by atoms with Crippen LogP contribution in [0.1, 0.15) is 35.6 Å². The molecule has 2 rings (SSSR count). The van der Waals surface area contributed by atoms with Crippen molar-refractivity contribution in [3.05, 3.63) is 22.3 Å². The monoisotopic (exact) mass is 292 g/mol. The molecule has 5 nitrogen and oxygen atoms in total. The van der Waals surface area contributed by atoms with Gasteiger partial charge in [0.05, 0.1) is 0 Å². The Morgan fingerprint density at radius 1 is 1.24 bits per heavy atom. The molecule has 2 N–H and O–H groups in total. The summed E-state index contributed by atoms with van der Waals surface area (Å²) in [6.45, 7) is 7.49. The largest absolute Gasteiger partial charge is 0.507 e. The second kappa shape index (κ2) is 5.22. The molecule has 0 saturated heterocycles. The summed E-state index contributed by atoms with van der Waals surface area (Å²) in [5, 5.41) is 11.8. The number of hydrogen-bond acceptors (Lipinski definition) is 4. The van der Waals surface area contributed by atoms with Gasteiger partial charge >= 0.3 is 0 Å². The van der Waals surface area contributed by atoms with E-state index < -0.39 is 5.60 Å². The van der Waals surface area contributed by atoms with Crippen LogP contribution < -0.4 is 10.2 Å². The summed E-state index contributed by atoms with van der Waals surface area (Å²) in [6.07, 6.45) is 1.30. The Balaban J connectivity index is 2.43. The van der Waals surface area contributed by atoms with Gasteiger partial charge < -0.3 is 9.84 Å². The Hall–Kier alpha value is -1.75. The van der Waals surface area contributed by atoms with Gasteiger partial charge in [0.15, 0.2) is 5.60 Å². The van der Waals surface area contributed by atoms with Crippen molar-refractivity contribution in [2.45, 2.75) is 46.1 Å². The molecule has 0 bridgehead atoms. The number of rotatable bonds is 2. The fourth-order valence-corrected chi connectivity index (χ4v) is 2.73. The number of benzene rings is 1. The fraction of sp³-hybridized carbons (Fsp3) is 0.562. The highest BCUT2D eigenvalue weighted by atomic mass is 16.5. The van der Waals surface area contributed by atoms with Crippen LogP contribution in [0, 0.1) is 20.8 Å². The number of carbonyl (C=O) groups excluding carboxylic acids is 1. The molecule has 0 fully saturated rings. The highest BCUT2D eigenvalue weighted by Crippen LogP contribution is 2.43. The van der Waals surface area contributed by atoms with E-state index in [1.54, 1.807) is 19.1 Å². The maximum atomic E-state index is 12.4. The molecule has 1 atom stereocenters. The Bertz CT molecular complexity index is 596. The molecule has 0 unspecified atom stereocenters. The first-order chi connectivity index (χ1) is 9.67. The first-order valence-electron chi connectivity index (χ1n) is 7.16. The number of carbonyl (C=O) groups is 1. The molecular formula is C16H24N2O3. The average molecular weight is 292 g/mol. The molecule has 0 spiro atoms. The van der Waals surface area contributed by atoms with E-state index in [-0.39, 0.29) is 5.91 Å². The van der Waals surface area contributed by atoms with Crippen molar-refractivity contribution in [3.8, 4) is 11.5 Å². The predicted molar refractivity (Wildman–Crippen MR) is 81.5 cm³/mol. The van der Waals surface area contributed by atoms with Crippen molar-refractivity contribution < 1.29 is 14.6 Å². The normalized spacial score (nSPS) is 20.9. The minimum absolute atomic E-state index is 0.152. The van der Waals surface area contributed by atoms with Crippen LogP contribution in [-0.4, -0.2) is 35.7 Å². The minimum Gasteiger partial charge on any atom is -0.507 e. The number of nitrogens with one attached hydrogen (secondary N) is 1. The van der Waals surface area contributed by atoms with Crippen LogP contribution in [0.3, 0.4) is 0 Å². The molecule has 1 aliphatic rings. The van der Waals surface area contributed by atoms with Gasteiger partial charge in [0.25, 0.3) is 5.91 Å². The number of amides is 1. The maximum absolute atomic E-state index is 12.4. The molecule has 1 aliphatic heterocycles. The van der Waals surface area contributed by atoms with E-state index in [1.807, 2.05) is 27.7 Å². The lowest BCUT2D eigenvalue weighted by atomic mass is 9.87. The van der Waals surface area contributed by atoms with Crippen molar-refractivity contribution in [1.29, 1.82) is 0 Å². The van der Waals surface area contributed by atoms with Gasteiger partial charge in [-0.15, -0.1) is 0 Å². The number of hydrazine groups is 1. The zero-order valence-corrected chi connectivity index (χ0v) is 13.6. The van der Waals surface area contributed by atoms with Crippen molar-refractivity contribution in [2.75, 3.05) is 14.1 Å². The van der Waals surface area contributed by atoms with E-state index in [2.05, 4.69) is 5.43 Å². The van der Waals surface area contributed by atoms with E-state index in [0.717, 1.165) is 28.0 Å². The molecule has 1 aromatic carbocycles. The van der Waals surface area contributed by atoms with E-state index in [4.69, 9.17) is 4.74 Å². The molecule has 0 saturated carbocycles. The number of fused-ring (bicyclic) bond motifs is 1. The van der Waals surface area contributed by atoms with Gasteiger partial charge in [-0.2, -0.15) is 0 Å². The van der Waals surface area contributed by atoms with Crippen LogP contribution in [0.15, 0.2) is 0 Å². The zero-order valence-electron chi connectivity index (χ0n) is 13.6. The number of nitrogens with zero attached hydrogens (tertiary/aromatic N) is 1. The molecule has 1 amide bonds. The number of phenols is 1. The minimum atomic E-state index is -0.891.